The molecule has 0 bridgehead atoms. The summed E-state index contributed by atoms with van der Waals surface area (Å²) in [7, 11) is -2.35. The van der Waals surface area contributed by atoms with Crippen LogP contribution < -0.4 is 14.4 Å². The molecule has 0 aromatic heterocycles. The van der Waals surface area contributed by atoms with E-state index in [9.17, 15) is 17.2 Å². The summed E-state index contributed by atoms with van der Waals surface area (Å²) >= 11 is 0. The van der Waals surface area contributed by atoms with Crippen molar-refractivity contribution in [3.63, 3.8) is 0 Å². The van der Waals surface area contributed by atoms with Gasteiger partial charge in [-0.2, -0.15) is 0 Å². The lowest BCUT2D eigenvalue weighted by Crippen LogP contribution is -2.47. The fraction of sp³-hybridized carbons (Fsp3) is 0.400. The summed E-state index contributed by atoms with van der Waals surface area (Å²) < 4.78 is 58.5. The molecule has 1 aliphatic heterocycles. The molecule has 0 aliphatic carbocycles. The number of nitrogens with one attached hydrogen (secondary N) is 1. The normalized spacial score (nSPS) is 15.5. The standard InChI is InChI=1S/C20H25F2N3O3S/c1-28-18-6-4-17(5-7-18)25-13-11-24(12-14-25)10-2-9-23-29(26,27)20-8-3-16(21)15-19(20)22/h3-8,15,23H,2,9-14H2,1H3. The Balaban J connectivity index is 1.41. The minimum atomic E-state index is -3.99. The molecule has 1 aliphatic rings. The molecule has 2 aromatic carbocycles. The number of hydrogen-bond donors (Lipinski definition) is 1. The van der Waals surface area contributed by atoms with Crippen LogP contribution in [0.15, 0.2) is 47.4 Å². The van der Waals surface area contributed by atoms with Gasteiger partial charge in [0.05, 0.1) is 7.11 Å². The minimum Gasteiger partial charge on any atom is -0.497 e. The molecule has 0 atom stereocenters. The Morgan fingerprint density at radius 1 is 1.03 bits per heavy atom. The van der Waals surface area contributed by atoms with Crippen molar-refractivity contribution in [2.24, 2.45) is 0 Å². The number of sulfonamides is 1. The van der Waals surface area contributed by atoms with E-state index in [1.165, 1.54) is 0 Å². The van der Waals surface area contributed by atoms with Gasteiger partial charge in [-0.1, -0.05) is 0 Å². The maximum absolute atomic E-state index is 13.7. The molecule has 1 heterocycles. The van der Waals surface area contributed by atoms with Gasteiger partial charge >= 0.3 is 0 Å². The molecule has 0 amide bonds. The zero-order valence-corrected chi connectivity index (χ0v) is 17.1. The Kier molecular flexibility index (Phi) is 7.05. The zero-order valence-electron chi connectivity index (χ0n) is 16.3. The van der Waals surface area contributed by atoms with E-state index in [1.54, 1.807) is 7.11 Å². The smallest absolute Gasteiger partial charge is 0.243 e. The number of piperazine rings is 1. The van der Waals surface area contributed by atoms with E-state index in [0.29, 0.717) is 12.5 Å². The van der Waals surface area contributed by atoms with Crippen LogP contribution in [0.2, 0.25) is 0 Å². The van der Waals surface area contributed by atoms with Gasteiger partial charge in [-0.3, -0.25) is 4.90 Å². The number of methoxy groups -OCH3 is 1. The highest BCUT2D eigenvalue weighted by Crippen LogP contribution is 2.20. The summed E-state index contributed by atoms with van der Waals surface area (Å²) in [6.07, 6.45) is 0.602. The van der Waals surface area contributed by atoms with Crippen molar-refractivity contribution >= 4 is 15.7 Å². The molecule has 158 valence electrons. The first-order valence-corrected chi connectivity index (χ1v) is 10.9. The predicted octanol–water partition coefficient (Wildman–Crippen LogP) is 2.46. The van der Waals surface area contributed by atoms with E-state index < -0.39 is 26.6 Å². The molecule has 29 heavy (non-hydrogen) atoms. The third-order valence-corrected chi connectivity index (χ3v) is 6.43. The van der Waals surface area contributed by atoms with Crippen molar-refractivity contribution in [3.05, 3.63) is 54.1 Å². The van der Waals surface area contributed by atoms with Crippen molar-refractivity contribution in [2.75, 3.05) is 51.3 Å². The number of hydrogen-bond acceptors (Lipinski definition) is 5. The molecule has 1 fully saturated rings. The maximum Gasteiger partial charge on any atom is 0.243 e. The van der Waals surface area contributed by atoms with Gasteiger partial charge in [0.25, 0.3) is 0 Å². The molecule has 1 N–H and O–H groups in total. The van der Waals surface area contributed by atoms with Gasteiger partial charge in [-0.15, -0.1) is 0 Å². The second kappa shape index (κ2) is 9.51. The monoisotopic (exact) mass is 425 g/mol. The van der Waals surface area contributed by atoms with E-state index >= 15 is 0 Å². The Morgan fingerprint density at radius 2 is 1.72 bits per heavy atom. The molecule has 0 saturated carbocycles. The quantitative estimate of drug-likeness (QED) is 0.659. The molecule has 9 heteroatoms. The highest BCUT2D eigenvalue weighted by Gasteiger charge is 2.20. The van der Waals surface area contributed by atoms with Gasteiger partial charge in [0.2, 0.25) is 10.0 Å². The van der Waals surface area contributed by atoms with Crippen LogP contribution in [0.1, 0.15) is 6.42 Å². The largest absolute Gasteiger partial charge is 0.497 e. The van der Waals surface area contributed by atoms with Crippen LogP contribution >= 0.6 is 0 Å². The molecule has 6 nitrogen and oxygen atoms in total. The third-order valence-electron chi connectivity index (χ3n) is 4.94. The summed E-state index contributed by atoms with van der Waals surface area (Å²) in [5.74, 6) is -1.07. The molecule has 2 aromatic rings. The minimum absolute atomic E-state index is 0.192. The van der Waals surface area contributed by atoms with Crippen molar-refractivity contribution in [1.82, 2.24) is 9.62 Å². The lowest BCUT2D eigenvalue weighted by molar-refractivity contribution is 0.255. The number of rotatable bonds is 8. The molecule has 0 radical (unpaired) electrons. The molecule has 0 spiro atoms. The Hall–Kier alpha value is -2.23. The van der Waals surface area contributed by atoms with E-state index in [0.717, 1.165) is 56.3 Å². The summed E-state index contributed by atoms with van der Waals surface area (Å²) in [5.41, 5.74) is 1.15. The topological polar surface area (TPSA) is 61.9 Å². The van der Waals surface area contributed by atoms with E-state index in [-0.39, 0.29) is 6.54 Å². The molecule has 0 unspecified atom stereocenters. The summed E-state index contributed by atoms with van der Waals surface area (Å²) in [6, 6.07) is 10.4. The average molecular weight is 426 g/mol. The maximum atomic E-state index is 13.7. The van der Waals surface area contributed by atoms with Crippen LogP contribution in [0.25, 0.3) is 0 Å². The van der Waals surface area contributed by atoms with Gasteiger partial charge in [0, 0.05) is 44.5 Å². The van der Waals surface area contributed by atoms with Gasteiger partial charge < -0.3 is 9.64 Å². The Morgan fingerprint density at radius 3 is 2.34 bits per heavy atom. The fourth-order valence-corrected chi connectivity index (χ4v) is 4.43. The molecule has 1 saturated heterocycles. The van der Waals surface area contributed by atoms with E-state index in [4.69, 9.17) is 4.74 Å². The average Bonchev–Trinajstić information content (AvgIpc) is 2.71. The number of anilines is 1. The van der Waals surface area contributed by atoms with Crippen molar-refractivity contribution < 1.29 is 21.9 Å². The van der Waals surface area contributed by atoms with E-state index in [1.807, 2.05) is 24.3 Å². The van der Waals surface area contributed by atoms with Crippen LogP contribution in [-0.4, -0.2) is 59.7 Å². The van der Waals surface area contributed by atoms with Crippen molar-refractivity contribution in [3.8, 4) is 5.75 Å². The highest BCUT2D eigenvalue weighted by molar-refractivity contribution is 7.89. The molecular weight excluding hydrogens is 400 g/mol. The van der Waals surface area contributed by atoms with Gasteiger partial charge in [0.1, 0.15) is 22.3 Å². The third kappa shape index (κ3) is 5.65. The number of nitrogens with zero attached hydrogens (tertiary/aromatic N) is 2. The Bertz CT molecular complexity index is 915. The Labute approximate surface area is 170 Å². The van der Waals surface area contributed by atoms with Crippen LogP contribution in [0.5, 0.6) is 5.75 Å². The van der Waals surface area contributed by atoms with Crippen LogP contribution in [0.4, 0.5) is 14.5 Å². The second-order valence-electron chi connectivity index (χ2n) is 6.85. The van der Waals surface area contributed by atoms with E-state index in [2.05, 4.69) is 14.5 Å². The number of ether oxygens (including phenoxy) is 1. The summed E-state index contributed by atoms with van der Waals surface area (Å²) in [6.45, 7) is 4.47. The van der Waals surface area contributed by atoms with Crippen molar-refractivity contribution in [1.29, 1.82) is 0 Å². The highest BCUT2D eigenvalue weighted by atomic mass is 32.2. The summed E-state index contributed by atoms with van der Waals surface area (Å²) in [5, 5.41) is 0. The molecule has 3 rings (SSSR count). The first-order chi connectivity index (χ1) is 13.9. The first kappa shape index (κ1) is 21.5. The van der Waals surface area contributed by atoms with Crippen molar-refractivity contribution in [2.45, 2.75) is 11.3 Å². The van der Waals surface area contributed by atoms with Gasteiger partial charge in [-0.25, -0.2) is 21.9 Å². The fourth-order valence-electron chi connectivity index (χ4n) is 3.30. The van der Waals surface area contributed by atoms with Gasteiger partial charge in [0.15, 0.2) is 0 Å². The SMILES string of the molecule is COc1ccc(N2CCN(CCCNS(=O)(=O)c3ccc(F)cc3F)CC2)cc1. The van der Waals surface area contributed by atoms with Crippen LogP contribution in [0.3, 0.4) is 0 Å². The number of benzene rings is 2. The number of halogens is 2. The first-order valence-electron chi connectivity index (χ1n) is 9.45. The predicted molar refractivity (Wildman–Crippen MR) is 108 cm³/mol. The molecular formula is C20H25F2N3O3S. The zero-order chi connectivity index (χ0) is 20.9. The van der Waals surface area contributed by atoms with Crippen LogP contribution in [0, 0.1) is 11.6 Å². The lowest BCUT2D eigenvalue weighted by Gasteiger charge is -2.36. The lowest BCUT2D eigenvalue weighted by atomic mass is 10.2. The van der Waals surface area contributed by atoms with Gasteiger partial charge in [-0.05, 0) is 49.4 Å². The van der Waals surface area contributed by atoms with Crippen LogP contribution in [-0.2, 0) is 10.0 Å². The second-order valence-corrected chi connectivity index (χ2v) is 8.59. The summed E-state index contributed by atoms with van der Waals surface area (Å²) in [4.78, 5) is 4.04.